The van der Waals surface area contributed by atoms with Gasteiger partial charge in [0.25, 0.3) is 0 Å². The number of aromatic nitrogens is 3. The van der Waals surface area contributed by atoms with Crippen LogP contribution >= 0.6 is 0 Å². The zero-order valence-electron chi connectivity index (χ0n) is 9.48. The summed E-state index contributed by atoms with van der Waals surface area (Å²) in [4.78, 5) is 4.36. The fourth-order valence-electron chi connectivity index (χ4n) is 2.30. The molecule has 1 fully saturated rings. The number of nitrogens with one attached hydrogen (secondary N) is 1. The molecule has 0 spiro atoms. The first-order chi connectivity index (χ1) is 7.81. The number of fused-ring (bicyclic) bond motifs is 1. The van der Waals surface area contributed by atoms with Gasteiger partial charge in [-0.2, -0.15) is 5.10 Å². The summed E-state index contributed by atoms with van der Waals surface area (Å²) in [5.41, 5.74) is 3.22. The molecule has 1 aliphatic rings. The summed E-state index contributed by atoms with van der Waals surface area (Å²) >= 11 is 0. The zero-order valence-corrected chi connectivity index (χ0v) is 9.48. The molecule has 0 saturated carbocycles. The van der Waals surface area contributed by atoms with Gasteiger partial charge in [-0.3, -0.25) is 0 Å². The lowest BCUT2D eigenvalue weighted by Crippen LogP contribution is -2.23. The van der Waals surface area contributed by atoms with E-state index in [1.165, 1.54) is 12.8 Å². The second-order valence-electron chi connectivity index (χ2n) is 4.57. The minimum Gasteiger partial charge on any atom is -0.314 e. The fraction of sp³-hybridized carbons (Fsp3) is 0.500. The van der Waals surface area contributed by atoms with Crippen molar-refractivity contribution >= 4 is 5.65 Å². The van der Waals surface area contributed by atoms with Gasteiger partial charge in [-0.25, -0.2) is 9.50 Å². The van der Waals surface area contributed by atoms with Crippen LogP contribution in [-0.4, -0.2) is 27.2 Å². The van der Waals surface area contributed by atoms with Crippen molar-refractivity contribution in [2.45, 2.75) is 32.2 Å². The Balaban J connectivity index is 1.86. The van der Waals surface area contributed by atoms with Crippen molar-refractivity contribution in [3.63, 3.8) is 0 Å². The monoisotopic (exact) mass is 216 g/mol. The van der Waals surface area contributed by atoms with E-state index in [2.05, 4.69) is 21.5 Å². The van der Waals surface area contributed by atoms with Crippen LogP contribution in [0.4, 0.5) is 0 Å². The van der Waals surface area contributed by atoms with Crippen molar-refractivity contribution in [3.8, 4) is 0 Å². The number of rotatable bonds is 2. The van der Waals surface area contributed by atoms with Gasteiger partial charge in [-0.1, -0.05) is 0 Å². The van der Waals surface area contributed by atoms with E-state index in [0.717, 1.165) is 29.9 Å². The minimum atomic E-state index is 0.603. The summed E-state index contributed by atoms with van der Waals surface area (Å²) in [5, 5.41) is 8.04. The number of aryl methyl sites for hydroxylation is 1. The molecular weight excluding hydrogens is 200 g/mol. The van der Waals surface area contributed by atoms with Gasteiger partial charge in [0.15, 0.2) is 5.65 Å². The van der Waals surface area contributed by atoms with E-state index >= 15 is 0 Å². The van der Waals surface area contributed by atoms with Crippen molar-refractivity contribution in [1.82, 2.24) is 19.9 Å². The van der Waals surface area contributed by atoms with Crippen molar-refractivity contribution in [2.75, 3.05) is 6.54 Å². The molecule has 0 aliphatic carbocycles. The number of nitrogens with zero attached hydrogens (tertiary/aromatic N) is 3. The molecule has 1 aliphatic heterocycles. The maximum atomic E-state index is 4.55. The smallest absolute Gasteiger partial charge is 0.155 e. The summed E-state index contributed by atoms with van der Waals surface area (Å²) in [6.07, 6.45) is 7.47. The molecule has 1 atom stereocenters. The van der Waals surface area contributed by atoms with Gasteiger partial charge in [0.2, 0.25) is 0 Å². The molecule has 2 aromatic heterocycles. The summed E-state index contributed by atoms with van der Waals surface area (Å²) in [6.45, 7) is 3.18. The fourth-order valence-corrected chi connectivity index (χ4v) is 2.30. The predicted octanol–water partition coefficient (Wildman–Crippen LogP) is 1.33. The Morgan fingerprint density at radius 3 is 3.31 bits per heavy atom. The largest absolute Gasteiger partial charge is 0.314 e. The van der Waals surface area contributed by atoms with E-state index in [1.807, 2.05) is 23.8 Å². The van der Waals surface area contributed by atoms with Crippen LogP contribution in [-0.2, 0) is 6.42 Å². The normalized spacial score (nSPS) is 20.7. The molecule has 1 unspecified atom stereocenters. The molecule has 3 rings (SSSR count). The van der Waals surface area contributed by atoms with Crippen LogP contribution in [0.5, 0.6) is 0 Å². The zero-order chi connectivity index (χ0) is 11.0. The van der Waals surface area contributed by atoms with Gasteiger partial charge in [-0.05, 0) is 31.9 Å². The highest BCUT2D eigenvalue weighted by atomic mass is 15.2. The molecule has 2 aromatic rings. The van der Waals surface area contributed by atoms with Gasteiger partial charge >= 0.3 is 0 Å². The van der Waals surface area contributed by atoms with Crippen LogP contribution in [0.1, 0.15) is 24.1 Å². The SMILES string of the molecule is Cc1cnc2cc(CC3CCCN3)nn2c1. The Morgan fingerprint density at radius 1 is 1.56 bits per heavy atom. The van der Waals surface area contributed by atoms with Crippen LogP contribution in [0.3, 0.4) is 0 Å². The highest BCUT2D eigenvalue weighted by molar-refractivity contribution is 5.39. The molecule has 16 heavy (non-hydrogen) atoms. The van der Waals surface area contributed by atoms with E-state index in [4.69, 9.17) is 0 Å². The van der Waals surface area contributed by atoms with E-state index in [1.54, 1.807) is 0 Å². The highest BCUT2D eigenvalue weighted by Gasteiger charge is 2.16. The van der Waals surface area contributed by atoms with Crippen LogP contribution in [0.25, 0.3) is 5.65 Å². The Labute approximate surface area is 94.7 Å². The average Bonchev–Trinajstić information content (AvgIpc) is 2.86. The van der Waals surface area contributed by atoms with E-state index in [9.17, 15) is 0 Å². The third-order valence-corrected chi connectivity index (χ3v) is 3.11. The lowest BCUT2D eigenvalue weighted by molar-refractivity contribution is 0.592. The van der Waals surface area contributed by atoms with E-state index < -0.39 is 0 Å². The van der Waals surface area contributed by atoms with Gasteiger partial charge in [0.05, 0.1) is 5.69 Å². The van der Waals surface area contributed by atoms with Crippen LogP contribution in [0.2, 0.25) is 0 Å². The first-order valence-corrected chi connectivity index (χ1v) is 5.85. The molecule has 1 N–H and O–H groups in total. The molecule has 0 bridgehead atoms. The number of hydrogen-bond donors (Lipinski definition) is 1. The van der Waals surface area contributed by atoms with Gasteiger partial charge in [0, 0.05) is 30.9 Å². The van der Waals surface area contributed by atoms with E-state index in [0.29, 0.717) is 6.04 Å². The molecule has 84 valence electrons. The maximum absolute atomic E-state index is 4.55. The Morgan fingerprint density at radius 2 is 2.50 bits per heavy atom. The summed E-state index contributed by atoms with van der Waals surface area (Å²) < 4.78 is 1.87. The van der Waals surface area contributed by atoms with Gasteiger partial charge in [-0.15, -0.1) is 0 Å². The van der Waals surface area contributed by atoms with Crippen molar-refractivity contribution in [2.24, 2.45) is 0 Å². The molecule has 4 heteroatoms. The lowest BCUT2D eigenvalue weighted by Gasteiger charge is -2.06. The first kappa shape index (κ1) is 9.78. The Kier molecular flexibility index (Phi) is 2.36. The second kappa shape index (κ2) is 3.87. The van der Waals surface area contributed by atoms with Crippen molar-refractivity contribution in [3.05, 3.63) is 29.7 Å². The average molecular weight is 216 g/mol. The summed E-state index contributed by atoms with van der Waals surface area (Å²) in [6, 6.07) is 2.69. The Hall–Kier alpha value is -1.42. The molecule has 0 aromatic carbocycles. The molecule has 0 amide bonds. The second-order valence-corrected chi connectivity index (χ2v) is 4.57. The third-order valence-electron chi connectivity index (χ3n) is 3.11. The number of hydrogen-bond acceptors (Lipinski definition) is 3. The molecule has 1 saturated heterocycles. The van der Waals surface area contributed by atoms with Crippen LogP contribution in [0, 0.1) is 6.92 Å². The maximum Gasteiger partial charge on any atom is 0.155 e. The lowest BCUT2D eigenvalue weighted by atomic mass is 10.1. The first-order valence-electron chi connectivity index (χ1n) is 5.85. The quantitative estimate of drug-likeness (QED) is 0.823. The van der Waals surface area contributed by atoms with Gasteiger partial charge in [0.1, 0.15) is 0 Å². The Bertz CT molecular complexity index is 497. The van der Waals surface area contributed by atoms with E-state index in [-0.39, 0.29) is 0 Å². The molecular formula is C12H16N4. The van der Waals surface area contributed by atoms with Gasteiger partial charge < -0.3 is 5.32 Å². The van der Waals surface area contributed by atoms with Crippen molar-refractivity contribution in [1.29, 1.82) is 0 Å². The summed E-state index contributed by atoms with van der Waals surface area (Å²) in [5.74, 6) is 0. The van der Waals surface area contributed by atoms with Crippen LogP contribution in [0.15, 0.2) is 18.5 Å². The third kappa shape index (κ3) is 1.80. The summed E-state index contributed by atoms with van der Waals surface area (Å²) in [7, 11) is 0. The molecule has 4 nitrogen and oxygen atoms in total. The standard InChI is InChI=1S/C12H16N4/c1-9-7-14-12-6-11(15-16(12)8-9)5-10-3-2-4-13-10/h6-8,10,13H,2-5H2,1H3. The topological polar surface area (TPSA) is 42.2 Å². The highest BCUT2D eigenvalue weighted by Crippen LogP contribution is 2.12. The predicted molar refractivity (Wildman–Crippen MR) is 62.5 cm³/mol. The molecule has 3 heterocycles. The van der Waals surface area contributed by atoms with Crippen LogP contribution < -0.4 is 5.32 Å². The van der Waals surface area contributed by atoms with Crippen molar-refractivity contribution < 1.29 is 0 Å². The molecule has 0 radical (unpaired) electrons. The minimum absolute atomic E-state index is 0.603.